The van der Waals surface area contributed by atoms with Crippen LogP contribution in [0.1, 0.15) is 106 Å². The summed E-state index contributed by atoms with van der Waals surface area (Å²) in [7, 11) is 0. The summed E-state index contributed by atoms with van der Waals surface area (Å²) in [5.74, 6) is 5.17. The molecular formula is C21H44. The van der Waals surface area contributed by atoms with Crippen molar-refractivity contribution >= 4 is 0 Å². The Morgan fingerprint density at radius 3 is 1.43 bits per heavy atom. The van der Waals surface area contributed by atoms with Crippen molar-refractivity contribution in [3.63, 3.8) is 0 Å². The van der Waals surface area contributed by atoms with Gasteiger partial charge in [0.15, 0.2) is 0 Å². The quantitative estimate of drug-likeness (QED) is 0.464. The molecule has 3 unspecified atom stereocenters. The molecule has 0 saturated heterocycles. The van der Waals surface area contributed by atoms with Gasteiger partial charge >= 0.3 is 0 Å². The Kier molecular flexibility index (Phi) is 12.5. The van der Waals surface area contributed by atoms with E-state index < -0.39 is 0 Å². The fourth-order valence-corrected chi connectivity index (χ4v) is 3.77. The van der Waals surface area contributed by atoms with Crippen LogP contribution >= 0.6 is 0 Å². The highest BCUT2D eigenvalue weighted by Crippen LogP contribution is 2.43. The molecule has 0 radical (unpaired) electrons. The molecule has 0 bridgehead atoms. The molecule has 0 aromatic carbocycles. The normalized spacial score (nSPS) is 35.9. The monoisotopic (exact) mass is 296 g/mol. The van der Waals surface area contributed by atoms with Gasteiger partial charge in [-0.2, -0.15) is 0 Å². The first-order valence-corrected chi connectivity index (χ1v) is 9.99. The van der Waals surface area contributed by atoms with E-state index in [9.17, 15) is 0 Å². The van der Waals surface area contributed by atoms with Gasteiger partial charge in [-0.3, -0.25) is 0 Å². The molecule has 21 heavy (non-hydrogen) atoms. The van der Waals surface area contributed by atoms with Crippen molar-refractivity contribution in [1.82, 2.24) is 0 Å². The zero-order valence-corrected chi connectivity index (χ0v) is 16.3. The summed E-state index contributed by atoms with van der Waals surface area (Å²) in [6, 6.07) is 0. The predicted molar refractivity (Wildman–Crippen MR) is 98.7 cm³/mol. The van der Waals surface area contributed by atoms with Crippen LogP contribution in [0.15, 0.2) is 0 Å². The predicted octanol–water partition coefficient (Wildman–Crippen LogP) is 7.72. The summed E-state index contributed by atoms with van der Waals surface area (Å²) in [6.45, 7) is 15.9. The van der Waals surface area contributed by atoms with Crippen molar-refractivity contribution in [1.29, 1.82) is 0 Å². The topological polar surface area (TPSA) is 0 Å². The van der Waals surface area contributed by atoms with Crippen molar-refractivity contribution in [3.05, 3.63) is 0 Å². The molecule has 0 N–H and O–H groups in total. The van der Waals surface area contributed by atoms with Crippen LogP contribution in [0.4, 0.5) is 0 Å². The first kappa shape index (κ1) is 21.0. The van der Waals surface area contributed by atoms with E-state index in [0.717, 1.165) is 29.6 Å². The first-order valence-electron chi connectivity index (χ1n) is 9.99. The van der Waals surface area contributed by atoms with Gasteiger partial charge < -0.3 is 0 Å². The number of hydrogen-bond acceptors (Lipinski definition) is 0. The van der Waals surface area contributed by atoms with Crippen LogP contribution in [0.5, 0.6) is 0 Å². The SMILES string of the molecule is CC1CCC(C2CCC(C)C(C)C2)CC1.CCC.CCC. The van der Waals surface area contributed by atoms with Gasteiger partial charge in [0, 0.05) is 0 Å². The fourth-order valence-electron chi connectivity index (χ4n) is 3.77. The maximum Gasteiger partial charge on any atom is -0.0383 e. The molecule has 0 aliphatic heterocycles. The molecule has 0 spiro atoms. The number of rotatable bonds is 1. The van der Waals surface area contributed by atoms with Gasteiger partial charge in [-0.25, -0.2) is 0 Å². The molecule has 2 rings (SSSR count). The second-order valence-corrected chi connectivity index (χ2v) is 7.96. The lowest BCUT2D eigenvalue weighted by molar-refractivity contribution is 0.120. The molecule has 2 fully saturated rings. The standard InChI is InChI=1S/C15H28.2C3H8/c1-11-4-7-14(8-5-11)15-9-6-12(2)13(3)10-15;2*1-3-2/h11-15H,4-10H2,1-3H3;2*3H2,1-2H3. The third kappa shape index (κ3) is 8.89. The van der Waals surface area contributed by atoms with Gasteiger partial charge in [-0.1, -0.05) is 80.6 Å². The van der Waals surface area contributed by atoms with Crippen molar-refractivity contribution < 1.29 is 0 Å². The third-order valence-corrected chi connectivity index (χ3v) is 5.37. The highest BCUT2D eigenvalue weighted by atomic mass is 14.4. The van der Waals surface area contributed by atoms with E-state index in [2.05, 4.69) is 48.5 Å². The highest BCUT2D eigenvalue weighted by Gasteiger charge is 2.31. The van der Waals surface area contributed by atoms with Crippen LogP contribution in [0.3, 0.4) is 0 Å². The number of hydrogen-bond donors (Lipinski definition) is 0. The Labute approximate surface area is 136 Å². The van der Waals surface area contributed by atoms with Gasteiger partial charge in [0.2, 0.25) is 0 Å². The van der Waals surface area contributed by atoms with Gasteiger partial charge in [0.05, 0.1) is 0 Å². The average molecular weight is 297 g/mol. The molecule has 2 saturated carbocycles. The van der Waals surface area contributed by atoms with E-state index in [1.807, 2.05) is 0 Å². The second kappa shape index (κ2) is 12.5. The smallest absolute Gasteiger partial charge is 0.0383 e. The molecule has 0 heterocycles. The second-order valence-electron chi connectivity index (χ2n) is 7.96. The summed E-state index contributed by atoms with van der Waals surface area (Å²) >= 11 is 0. The third-order valence-electron chi connectivity index (χ3n) is 5.37. The molecule has 2 aliphatic rings. The highest BCUT2D eigenvalue weighted by molar-refractivity contribution is 4.82. The summed E-state index contributed by atoms with van der Waals surface area (Å²) in [6.07, 6.45) is 13.1. The van der Waals surface area contributed by atoms with E-state index in [1.165, 1.54) is 57.8 Å². The van der Waals surface area contributed by atoms with Crippen LogP contribution in [0, 0.1) is 29.6 Å². The Morgan fingerprint density at radius 2 is 1.00 bits per heavy atom. The molecule has 0 aromatic heterocycles. The van der Waals surface area contributed by atoms with Crippen molar-refractivity contribution in [2.75, 3.05) is 0 Å². The molecule has 0 heteroatoms. The van der Waals surface area contributed by atoms with E-state index in [0.29, 0.717) is 0 Å². The summed E-state index contributed by atoms with van der Waals surface area (Å²) in [5.41, 5.74) is 0. The van der Waals surface area contributed by atoms with Gasteiger partial charge in [0.25, 0.3) is 0 Å². The van der Waals surface area contributed by atoms with Crippen LogP contribution in [-0.2, 0) is 0 Å². The Balaban J connectivity index is 0.000000578. The van der Waals surface area contributed by atoms with Gasteiger partial charge in [0.1, 0.15) is 0 Å². The minimum atomic E-state index is 0.989. The largest absolute Gasteiger partial charge is 0.0656 e. The maximum atomic E-state index is 2.47. The average Bonchev–Trinajstić information content (AvgIpc) is 2.45. The van der Waals surface area contributed by atoms with Crippen molar-refractivity contribution in [2.24, 2.45) is 29.6 Å². The Morgan fingerprint density at radius 1 is 0.571 bits per heavy atom. The first-order chi connectivity index (χ1) is 9.99. The van der Waals surface area contributed by atoms with E-state index >= 15 is 0 Å². The summed E-state index contributed by atoms with van der Waals surface area (Å²) in [5, 5.41) is 0. The summed E-state index contributed by atoms with van der Waals surface area (Å²) < 4.78 is 0. The van der Waals surface area contributed by atoms with Crippen LogP contribution < -0.4 is 0 Å². The molecule has 0 aromatic rings. The van der Waals surface area contributed by atoms with Gasteiger partial charge in [-0.15, -0.1) is 0 Å². The fraction of sp³-hybridized carbons (Fsp3) is 1.00. The zero-order valence-electron chi connectivity index (χ0n) is 16.3. The van der Waals surface area contributed by atoms with E-state index in [4.69, 9.17) is 0 Å². The van der Waals surface area contributed by atoms with E-state index in [-0.39, 0.29) is 0 Å². The lowest BCUT2D eigenvalue weighted by atomic mass is 9.67. The van der Waals surface area contributed by atoms with E-state index in [1.54, 1.807) is 0 Å². The van der Waals surface area contributed by atoms with Crippen LogP contribution in [-0.4, -0.2) is 0 Å². The summed E-state index contributed by atoms with van der Waals surface area (Å²) in [4.78, 5) is 0. The van der Waals surface area contributed by atoms with Crippen LogP contribution in [0.25, 0.3) is 0 Å². The maximum absolute atomic E-state index is 2.47. The molecular weight excluding hydrogens is 252 g/mol. The Bertz CT molecular complexity index is 210. The van der Waals surface area contributed by atoms with Gasteiger partial charge in [-0.05, 0) is 55.3 Å². The lowest BCUT2D eigenvalue weighted by Crippen LogP contribution is -2.28. The molecule has 128 valence electrons. The molecule has 2 aliphatic carbocycles. The lowest BCUT2D eigenvalue weighted by Gasteiger charge is -2.39. The zero-order chi connectivity index (χ0) is 16.3. The van der Waals surface area contributed by atoms with Crippen molar-refractivity contribution in [3.8, 4) is 0 Å². The minimum Gasteiger partial charge on any atom is -0.0656 e. The molecule has 0 amide bonds. The van der Waals surface area contributed by atoms with Crippen molar-refractivity contribution in [2.45, 2.75) is 106 Å². The Hall–Kier alpha value is 0. The van der Waals surface area contributed by atoms with Crippen LogP contribution in [0.2, 0.25) is 0 Å². The molecule has 3 atom stereocenters. The molecule has 0 nitrogen and oxygen atoms in total. The minimum absolute atomic E-state index is 0.989.